The van der Waals surface area contributed by atoms with Crippen LogP contribution in [0.1, 0.15) is 160 Å². The molecule has 5 aliphatic heterocycles. The molecule has 7 heterocycles. The minimum absolute atomic E-state index is 0.00306. The molecular formula is C83H92N10O16. The molecule has 6 aliphatic rings. The van der Waals surface area contributed by atoms with Crippen LogP contribution in [0.3, 0.4) is 0 Å². The van der Waals surface area contributed by atoms with E-state index < -0.39 is 47.9 Å². The second-order valence-corrected chi connectivity index (χ2v) is 29.7. The molecule has 26 nitrogen and oxygen atoms in total. The molecule has 1 aliphatic carbocycles. The summed E-state index contributed by atoms with van der Waals surface area (Å²) in [6, 6.07) is 31.3. The number of methoxy groups -OCH3 is 3. The molecule has 2 fully saturated rings. The number of para-hydroxylation sites is 1. The molecule has 7 aromatic rings. The molecule has 13 rings (SSSR count). The van der Waals surface area contributed by atoms with Crippen molar-refractivity contribution in [2.75, 3.05) is 57.4 Å². The number of carbonyl (C=O) groups is 9. The largest absolute Gasteiger partial charge is 0.497 e. The van der Waals surface area contributed by atoms with Gasteiger partial charge in [-0.05, 0) is 141 Å². The van der Waals surface area contributed by atoms with E-state index in [1.807, 2.05) is 108 Å². The highest BCUT2D eigenvalue weighted by molar-refractivity contribution is 6.07. The number of hydrogen-bond donors (Lipinski definition) is 3. The Bertz CT molecular complexity index is 4700. The van der Waals surface area contributed by atoms with Gasteiger partial charge in [0.1, 0.15) is 23.8 Å². The summed E-state index contributed by atoms with van der Waals surface area (Å²) in [5, 5.41) is 26.6. The minimum atomic E-state index is -1.50. The van der Waals surface area contributed by atoms with Crippen LogP contribution in [0.25, 0.3) is 28.1 Å². The third-order valence-electron chi connectivity index (χ3n) is 21.7. The first-order valence-corrected chi connectivity index (χ1v) is 37.3. The van der Waals surface area contributed by atoms with E-state index in [-0.39, 0.29) is 147 Å². The number of ketones is 3. The number of aromatic nitrogens is 4. The number of ether oxygens (including phenoxy) is 6. The number of nitrogens with zero attached hydrogens (tertiary/aromatic N) is 8. The lowest BCUT2D eigenvalue weighted by Gasteiger charge is -2.31. The van der Waals surface area contributed by atoms with Gasteiger partial charge in [0.15, 0.2) is 40.8 Å². The molecule has 1 unspecified atom stereocenters. The van der Waals surface area contributed by atoms with Gasteiger partial charge < -0.3 is 58.9 Å². The molecule has 0 bridgehead atoms. The quantitative estimate of drug-likeness (QED) is 0.0367. The van der Waals surface area contributed by atoms with Crippen molar-refractivity contribution in [3.05, 3.63) is 161 Å². The molecule has 2 aromatic heterocycles. The van der Waals surface area contributed by atoms with Gasteiger partial charge in [-0.15, -0.1) is 5.10 Å². The predicted molar refractivity (Wildman–Crippen MR) is 403 cm³/mol. The fourth-order valence-electron chi connectivity index (χ4n) is 15.3. The average Bonchev–Trinajstić information content (AvgIpc) is 1.82. The topological polar surface area (TPSA) is 310 Å². The Kier molecular flexibility index (Phi) is 22.8. The van der Waals surface area contributed by atoms with Gasteiger partial charge in [0.05, 0.1) is 88.0 Å². The SMILES string of the molecule is COc1ccc(C2=CN3C(=O)c4cc(OC)c(OCCCOc5cc6c(cc5OC)C(=O)N5CC7(CC7)C[C@H]5C(O)N6C(=O)OCc5ccc(CC(=O)[C@H](C)NC(=O)[C@@H](CC(=O)CNC(=O)CCC(=O)CCC(=O)N6Cc7ccccc7-c7c(nnn7C(C)C)-c7ccccc76)C(C)C)cn5)cc4CC[C@@H]3C2)cc1. The molecular weight excluding hydrogens is 1390 g/mol. The van der Waals surface area contributed by atoms with Gasteiger partial charge >= 0.3 is 6.09 Å². The molecule has 1 spiro atoms. The number of aliphatic hydroxyl groups is 1. The zero-order valence-corrected chi connectivity index (χ0v) is 62.7. The van der Waals surface area contributed by atoms with E-state index in [9.17, 15) is 48.3 Å². The molecule has 6 amide bonds. The third-order valence-corrected chi connectivity index (χ3v) is 21.7. The number of fused-ring (bicyclic) bond motifs is 9. The van der Waals surface area contributed by atoms with Crippen molar-refractivity contribution in [1.29, 1.82) is 0 Å². The molecule has 1 saturated carbocycles. The normalized spacial score (nSPS) is 17.7. The first-order chi connectivity index (χ1) is 52.5. The van der Waals surface area contributed by atoms with E-state index in [0.29, 0.717) is 65.5 Å². The zero-order valence-electron chi connectivity index (χ0n) is 62.7. The van der Waals surface area contributed by atoms with Crippen molar-refractivity contribution in [2.24, 2.45) is 17.3 Å². The number of Topliss-reactive ketones (excluding diaryl/α,β-unsaturated/α-hetero) is 3. The first kappa shape index (κ1) is 75.9. The summed E-state index contributed by atoms with van der Waals surface area (Å²) in [6.45, 7) is 9.41. The molecule has 26 heteroatoms. The molecule has 5 aromatic carbocycles. The maximum absolute atomic E-state index is 14.5. The molecule has 570 valence electrons. The van der Waals surface area contributed by atoms with Crippen molar-refractivity contribution < 1.29 is 76.7 Å². The van der Waals surface area contributed by atoms with Crippen LogP contribution < -0.4 is 44.1 Å². The monoisotopic (exact) mass is 1480 g/mol. The van der Waals surface area contributed by atoms with Crippen LogP contribution in [-0.2, 0) is 59.5 Å². The summed E-state index contributed by atoms with van der Waals surface area (Å²) in [4.78, 5) is 135. The Morgan fingerprint density at radius 1 is 0.716 bits per heavy atom. The maximum atomic E-state index is 14.5. The molecule has 0 radical (unpaired) electrons. The van der Waals surface area contributed by atoms with Gasteiger partial charge in [-0.1, -0.05) is 79.7 Å². The Morgan fingerprint density at radius 3 is 2.12 bits per heavy atom. The van der Waals surface area contributed by atoms with E-state index in [1.54, 1.807) is 55.9 Å². The van der Waals surface area contributed by atoms with Crippen LogP contribution >= 0.6 is 0 Å². The number of carbonyl (C=O) groups excluding carboxylic acids is 9. The summed E-state index contributed by atoms with van der Waals surface area (Å²) >= 11 is 0. The Hall–Kier alpha value is -11.3. The Balaban J connectivity index is 0.569. The number of nitrogens with one attached hydrogen (secondary N) is 2. The van der Waals surface area contributed by atoms with Crippen LogP contribution in [0.15, 0.2) is 122 Å². The standard InChI is InChI=1S/C83H92N10O16/c1-48(2)63(37-59(95)43-85-74(97)28-24-58(94)25-29-75(98)90-44-54-14-9-10-15-61(54)77-76(87-88-93(77)49(3)4)62-16-11-12-17-66(62)90)78(99)86-50(5)69(96)34-51-18-22-56(84-42-51)46-109-82(103)92-67-40-73(71(106-8)39-65(67)80(101)91-47-83(30-31-83)41-68(91)81(92)102)108-33-13-32-107-72-36-53-19-23-57-35-55(52-20-26-60(104-6)27-21-52)45-89(57)79(100)64(53)38-70(72)105-7/h9-12,14-18,20-22,26-27,36,38-40,42,45,48-50,57,63,68,81,102H,13,19,23-25,28-35,37,41,43-44,46-47H2,1-8H3,(H,85,97)(H,86,99)/t50-,57+,63-,68-,81?/m0/s1. The average molecular weight is 1490 g/mol. The minimum Gasteiger partial charge on any atom is -0.497 e. The lowest BCUT2D eigenvalue weighted by atomic mass is 9.89. The number of aryl methyl sites for hydroxylation is 1. The van der Waals surface area contributed by atoms with Gasteiger partial charge in [0, 0.05) is 105 Å². The van der Waals surface area contributed by atoms with E-state index in [0.717, 1.165) is 75.4 Å². The van der Waals surface area contributed by atoms with Crippen molar-refractivity contribution in [2.45, 2.75) is 162 Å². The second-order valence-electron chi connectivity index (χ2n) is 29.7. The van der Waals surface area contributed by atoms with Gasteiger partial charge in [-0.25, -0.2) is 14.4 Å². The summed E-state index contributed by atoms with van der Waals surface area (Å²) in [7, 11) is 4.60. The van der Waals surface area contributed by atoms with E-state index in [1.165, 1.54) is 32.5 Å². The predicted octanol–water partition coefficient (Wildman–Crippen LogP) is 10.8. The second kappa shape index (κ2) is 32.7. The zero-order chi connectivity index (χ0) is 76.9. The van der Waals surface area contributed by atoms with Crippen LogP contribution in [0.5, 0.6) is 28.7 Å². The number of hydrogen-bond acceptors (Lipinski definition) is 19. The Morgan fingerprint density at radius 2 is 1.42 bits per heavy atom. The van der Waals surface area contributed by atoms with Crippen LogP contribution in [-0.4, -0.2) is 160 Å². The smallest absolute Gasteiger partial charge is 0.416 e. The first-order valence-electron chi connectivity index (χ1n) is 37.3. The number of amides is 6. The van der Waals surface area contributed by atoms with Crippen LogP contribution in [0.2, 0.25) is 0 Å². The summed E-state index contributed by atoms with van der Waals surface area (Å²) < 4.78 is 37.2. The van der Waals surface area contributed by atoms with Crippen molar-refractivity contribution in [3.8, 4) is 51.3 Å². The summed E-state index contributed by atoms with van der Waals surface area (Å²) in [5.74, 6) is -1.95. The fraction of sp³-hybridized carbons (Fsp3) is 0.422. The molecule has 3 N–H and O–H groups in total. The van der Waals surface area contributed by atoms with Crippen LogP contribution in [0, 0.1) is 17.3 Å². The van der Waals surface area contributed by atoms with Gasteiger partial charge in [0.25, 0.3) is 11.8 Å². The van der Waals surface area contributed by atoms with Gasteiger partial charge in [0.2, 0.25) is 17.7 Å². The number of benzene rings is 5. The Labute approximate surface area is 632 Å². The number of anilines is 2. The van der Waals surface area contributed by atoms with Crippen LogP contribution in [0.4, 0.5) is 16.2 Å². The number of pyridine rings is 1. The van der Waals surface area contributed by atoms with Crippen molar-refractivity contribution in [1.82, 2.24) is 40.4 Å². The van der Waals surface area contributed by atoms with E-state index in [2.05, 4.69) is 25.9 Å². The van der Waals surface area contributed by atoms with Gasteiger partial charge in [-0.2, -0.15) is 0 Å². The maximum Gasteiger partial charge on any atom is 0.416 e. The lowest BCUT2D eigenvalue weighted by molar-refractivity contribution is -0.133. The highest BCUT2D eigenvalue weighted by Gasteiger charge is 2.58. The highest BCUT2D eigenvalue weighted by Crippen LogP contribution is 2.57. The summed E-state index contributed by atoms with van der Waals surface area (Å²) in [6.07, 6.45) is 4.83. The van der Waals surface area contributed by atoms with Crippen molar-refractivity contribution in [3.63, 3.8) is 0 Å². The van der Waals surface area contributed by atoms with E-state index in [4.69, 9.17) is 28.4 Å². The highest BCUT2D eigenvalue weighted by atomic mass is 16.6. The van der Waals surface area contributed by atoms with Crippen molar-refractivity contribution >= 4 is 69.9 Å². The number of rotatable bonds is 29. The third kappa shape index (κ3) is 16.4. The number of aliphatic hydroxyl groups excluding tert-OH is 1. The van der Waals surface area contributed by atoms with Gasteiger partial charge in [-0.3, -0.25) is 43.3 Å². The summed E-state index contributed by atoms with van der Waals surface area (Å²) in [5.41, 5.74) is 9.08. The fourth-order valence-corrected chi connectivity index (χ4v) is 15.3. The molecule has 109 heavy (non-hydrogen) atoms. The lowest BCUT2D eigenvalue weighted by Crippen LogP contribution is -2.50. The van der Waals surface area contributed by atoms with E-state index >= 15 is 0 Å². The molecule has 1 saturated heterocycles. The molecule has 5 atom stereocenters.